The van der Waals surface area contributed by atoms with Crippen LogP contribution in [0.25, 0.3) is 0 Å². The van der Waals surface area contributed by atoms with E-state index in [-0.39, 0.29) is 11.0 Å². The fourth-order valence-corrected chi connectivity index (χ4v) is 1.80. The third-order valence-corrected chi connectivity index (χ3v) is 2.90. The van der Waals surface area contributed by atoms with E-state index in [0.717, 1.165) is 12.1 Å². The molecule has 1 radical (unpaired) electrons. The molecule has 0 atom stereocenters. The van der Waals surface area contributed by atoms with Crippen molar-refractivity contribution in [2.75, 3.05) is 0 Å². The molecule has 1 aromatic rings. The molecule has 0 saturated carbocycles. The lowest BCUT2D eigenvalue weighted by Crippen LogP contribution is -2.38. The third kappa shape index (κ3) is 4.38. The van der Waals surface area contributed by atoms with Crippen LogP contribution < -0.4 is 5.46 Å². The van der Waals surface area contributed by atoms with Gasteiger partial charge in [0.1, 0.15) is 11.6 Å². The predicted octanol–water partition coefficient (Wildman–Crippen LogP) is 2.15. The quantitative estimate of drug-likeness (QED) is 0.524. The molecule has 0 aromatic heterocycles. The van der Waals surface area contributed by atoms with Crippen LogP contribution in [0.15, 0.2) is 12.1 Å². The van der Waals surface area contributed by atoms with Gasteiger partial charge in [-0.3, -0.25) is 9.38 Å². The summed E-state index contributed by atoms with van der Waals surface area (Å²) in [7, 11) is -2.82. The van der Waals surface area contributed by atoms with Crippen LogP contribution in [-0.2, 0) is 14.8 Å². The van der Waals surface area contributed by atoms with Crippen molar-refractivity contribution in [3.8, 4) is 0 Å². The van der Waals surface area contributed by atoms with Crippen LogP contribution >= 0.6 is 0 Å². The van der Waals surface area contributed by atoms with Crippen LogP contribution in [0.1, 0.15) is 26.3 Å². The van der Waals surface area contributed by atoms with Crippen molar-refractivity contribution in [1.29, 1.82) is 0 Å². The highest BCUT2D eigenvalue weighted by molar-refractivity contribution is 6.60. The Kier molecular flexibility index (Phi) is 5.26. The van der Waals surface area contributed by atoms with E-state index < -0.39 is 33.2 Å². The van der Waals surface area contributed by atoms with Crippen molar-refractivity contribution >= 4 is 21.6 Å². The maximum Gasteiger partial charge on any atom is 0.524 e. The fourth-order valence-electron chi connectivity index (χ4n) is 1.52. The van der Waals surface area contributed by atoms with E-state index in [0.29, 0.717) is 0 Å². The van der Waals surface area contributed by atoms with Crippen molar-refractivity contribution in [2.24, 2.45) is 0 Å². The van der Waals surface area contributed by atoms with Crippen LogP contribution in [0.5, 0.6) is 0 Å². The zero-order valence-electron chi connectivity index (χ0n) is 11.8. The van der Waals surface area contributed by atoms with E-state index >= 15 is 0 Å². The summed E-state index contributed by atoms with van der Waals surface area (Å²) in [4.78, 5) is 4.64. The SMILES string of the molecule is C[Si](C)OOB(O)c1cc(F)c(C(C)(C)C)cc1F. The van der Waals surface area contributed by atoms with Gasteiger partial charge in [0.25, 0.3) is 9.04 Å². The second kappa shape index (κ2) is 6.13. The Morgan fingerprint density at radius 2 is 1.74 bits per heavy atom. The molecule has 3 nitrogen and oxygen atoms in total. The number of rotatable bonds is 4. The molecule has 19 heavy (non-hydrogen) atoms. The van der Waals surface area contributed by atoms with Crippen molar-refractivity contribution in [3.63, 3.8) is 0 Å². The summed E-state index contributed by atoms with van der Waals surface area (Å²) in [6.45, 7) is 8.92. The first-order valence-corrected chi connectivity index (χ1v) is 8.34. The van der Waals surface area contributed by atoms with Gasteiger partial charge in [-0.1, -0.05) is 20.8 Å². The standard InChI is InChI=1S/C12H18BF2O3Si/c1-12(2,3)8-6-11(15)9(7-10(8)14)13(16)17-18-19(4)5/h6-7,16H,1-5H3. The van der Waals surface area contributed by atoms with Crippen molar-refractivity contribution in [3.05, 3.63) is 29.3 Å². The summed E-state index contributed by atoms with van der Waals surface area (Å²) in [6.07, 6.45) is 0. The van der Waals surface area contributed by atoms with Gasteiger partial charge in [0, 0.05) is 5.46 Å². The minimum atomic E-state index is -1.64. The molecule has 0 fully saturated rings. The van der Waals surface area contributed by atoms with Gasteiger partial charge in [0.05, 0.1) is 0 Å². The molecular formula is C12H18BF2O3Si. The van der Waals surface area contributed by atoms with Gasteiger partial charge < -0.3 is 5.02 Å². The highest BCUT2D eigenvalue weighted by atomic mass is 28.3. The average Bonchev–Trinajstić information content (AvgIpc) is 2.27. The van der Waals surface area contributed by atoms with E-state index in [1.807, 2.05) is 0 Å². The van der Waals surface area contributed by atoms with Gasteiger partial charge in [-0.25, -0.2) is 8.78 Å². The first-order valence-electron chi connectivity index (χ1n) is 5.94. The predicted molar refractivity (Wildman–Crippen MR) is 72.3 cm³/mol. The second-order valence-corrected chi connectivity index (χ2v) is 7.53. The lowest BCUT2D eigenvalue weighted by Gasteiger charge is -2.21. The molecule has 0 heterocycles. The molecule has 105 valence electrons. The Balaban J connectivity index is 3.02. The lowest BCUT2D eigenvalue weighted by molar-refractivity contribution is -0.121. The van der Waals surface area contributed by atoms with Crippen LogP contribution in [-0.4, -0.2) is 21.2 Å². The van der Waals surface area contributed by atoms with E-state index in [2.05, 4.69) is 4.81 Å². The van der Waals surface area contributed by atoms with E-state index in [1.165, 1.54) is 0 Å². The summed E-state index contributed by atoms with van der Waals surface area (Å²) >= 11 is 0. The summed E-state index contributed by atoms with van der Waals surface area (Å²) in [5, 5.41) is 9.63. The molecule has 1 rings (SSSR count). The molecule has 1 aromatic carbocycles. The third-order valence-electron chi connectivity index (χ3n) is 2.47. The Hall–Kier alpha value is -0.758. The second-order valence-electron chi connectivity index (χ2n) is 5.54. The monoisotopic (exact) mass is 287 g/mol. The van der Waals surface area contributed by atoms with Crippen molar-refractivity contribution in [1.82, 2.24) is 0 Å². The lowest BCUT2D eigenvalue weighted by atomic mass is 9.77. The minimum Gasteiger partial charge on any atom is -0.422 e. The number of benzene rings is 1. The number of halogens is 2. The Labute approximate surface area is 114 Å². The maximum atomic E-state index is 13.9. The molecule has 1 N–H and O–H groups in total. The normalized spacial score (nSPS) is 12.1. The molecule has 0 spiro atoms. The molecule has 7 heteroatoms. The molecule has 0 amide bonds. The summed E-state index contributed by atoms with van der Waals surface area (Å²) in [5.74, 6) is -1.30. The average molecular weight is 287 g/mol. The van der Waals surface area contributed by atoms with Gasteiger partial charge in [0.15, 0.2) is 0 Å². The molecule has 0 aliphatic heterocycles. The first-order chi connectivity index (χ1) is 8.62. The smallest absolute Gasteiger partial charge is 0.422 e. The highest BCUT2D eigenvalue weighted by Crippen LogP contribution is 2.25. The summed E-state index contributed by atoms with van der Waals surface area (Å²) in [5.41, 5.74) is -0.541. The summed E-state index contributed by atoms with van der Waals surface area (Å²) in [6, 6.07) is 2.03. The Morgan fingerprint density at radius 1 is 1.16 bits per heavy atom. The van der Waals surface area contributed by atoms with Gasteiger partial charge in [0.2, 0.25) is 0 Å². The fraction of sp³-hybridized carbons (Fsp3) is 0.500. The van der Waals surface area contributed by atoms with Gasteiger partial charge in [-0.15, -0.1) is 0 Å². The van der Waals surface area contributed by atoms with Gasteiger partial charge in [-0.05, 0) is 36.2 Å². The highest BCUT2D eigenvalue weighted by Gasteiger charge is 2.27. The molecule has 0 aliphatic rings. The largest absolute Gasteiger partial charge is 0.524 e. The Morgan fingerprint density at radius 3 is 2.21 bits per heavy atom. The minimum absolute atomic E-state index is 0.248. The van der Waals surface area contributed by atoms with E-state index in [9.17, 15) is 13.8 Å². The van der Waals surface area contributed by atoms with E-state index in [4.69, 9.17) is 4.58 Å². The van der Waals surface area contributed by atoms with E-state index in [1.54, 1.807) is 33.9 Å². The maximum absolute atomic E-state index is 13.9. The van der Waals surface area contributed by atoms with Crippen LogP contribution in [0, 0.1) is 11.6 Å². The zero-order valence-corrected chi connectivity index (χ0v) is 12.8. The molecule has 0 saturated heterocycles. The first kappa shape index (κ1) is 16.3. The molecule has 0 bridgehead atoms. The molecule has 0 aliphatic carbocycles. The van der Waals surface area contributed by atoms with Gasteiger partial charge >= 0.3 is 7.12 Å². The van der Waals surface area contributed by atoms with Crippen molar-refractivity contribution < 1.29 is 23.2 Å². The van der Waals surface area contributed by atoms with Crippen LogP contribution in [0.2, 0.25) is 13.1 Å². The number of hydrogen-bond donors (Lipinski definition) is 1. The molecular weight excluding hydrogens is 269 g/mol. The molecule has 0 unspecified atom stereocenters. The van der Waals surface area contributed by atoms with Crippen LogP contribution in [0.4, 0.5) is 8.78 Å². The van der Waals surface area contributed by atoms with Crippen LogP contribution in [0.3, 0.4) is 0 Å². The van der Waals surface area contributed by atoms with Gasteiger partial charge in [-0.2, -0.15) is 0 Å². The topological polar surface area (TPSA) is 38.7 Å². The van der Waals surface area contributed by atoms with Crippen molar-refractivity contribution in [2.45, 2.75) is 39.3 Å². The Bertz CT molecular complexity index is 449. The number of hydrogen-bond acceptors (Lipinski definition) is 3. The summed E-state index contributed by atoms with van der Waals surface area (Å²) < 4.78 is 32.6. The zero-order chi connectivity index (χ0) is 14.8.